The Morgan fingerprint density at radius 2 is 1.70 bits per heavy atom. The fraction of sp³-hybridized carbons (Fsp3) is 0.182. The molecule has 0 aromatic heterocycles. The van der Waals surface area contributed by atoms with Gasteiger partial charge in [-0.05, 0) is 45.9 Å². The van der Waals surface area contributed by atoms with Gasteiger partial charge in [-0.2, -0.15) is 9.98 Å². The molecule has 0 spiro atoms. The second-order valence-corrected chi connectivity index (χ2v) is 6.68. The average Bonchev–Trinajstić information content (AvgIpc) is 2.75. The first kappa shape index (κ1) is 19.0. The molecule has 8 heteroatoms. The van der Waals surface area contributed by atoms with Crippen molar-refractivity contribution in [1.29, 1.82) is 0 Å². The van der Waals surface area contributed by atoms with Crippen LogP contribution in [-0.4, -0.2) is 24.3 Å². The first-order valence-electron chi connectivity index (χ1n) is 8.95. The van der Waals surface area contributed by atoms with Crippen molar-refractivity contribution in [2.45, 2.75) is 25.0 Å². The number of fused-ring (bicyclic) bond motifs is 6. The van der Waals surface area contributed by atoms with Gasteiger partial charge in [0.25, 0.3) is 0 Å². The minimum absolute atomic E-state index is 0.0126. The van der Waals surface area contributed by atoms with Gasteiger partial charge in [0, 0.05) is 5.56 Å². The Bertz CT molecular complexity index is 1300. The quantitative estimate of drug-likeness (QED) is 0.551. The molecule has 0 aliphatic heterocycles. The maximum Gasteiger partial charge on any atom is 0.240 e. The Labute approximate surface area is 170 Å². The maximum absolute atomic E-state index is 11.5. The van der Waals surface area contributed by atoms with Gasteiger partial charge in [0.2, 0.25) is 24.3 Å². The predicted molar refractivity (Wildman–Crippen MR) is 105 cm³/mol. The summed E-state index contributed by atoms with van der Waals surface area (Å²) in [6, 6.07) is 8.89. The highest BCUT2D eigenvalue weighted by Gasteiger charge is 2.53. The summed E-state index contributed by atoms with van der Waals surface area (Å²) < 4.78 is 0. The van der Waals surface area contributed by atoms with Gasteiger partial charge >= 0.3 is 0 Å². The zero-order valence-corrected chi connectivity index (χ0v) is 15.5. The van der Waals surface area contributed by atoms with Crippen molar-refractivity contribution in [2.24, 2.45) is 20.0 Å². The Hall–Kier alpha value is -4.30. The minimum Gasteiger partial charge on any atom is -0.211 e. The van der Waals surface area contributed by atoms with E-state index in [-0.39, 0.29) is 13.1 Å². The number of nitrogens with zero attached hydrogens (tertiary/aromatic N) is 4. The Morgan fingerprint density at radius 3 is 2.43 bits per heavy atom. The van der Waals surface area contributed by atoms with Crippen molar-refractivity contribution < 1.29 is 19.2 Å². The average molecular weight is 396 g/mol. The van der Waals surface area contributed by atoms with Crippen molar-refractivity contribution in [1.82, 2.24) is 0 Å². The van der Waals surface area contributed by atoms with Crippen LogP contribution in [0.3, 0.4) is 0 Å². The van der Waals surface area contributed by atoms with Crippen molar-refractivity contribution in [3.63, 3.8) is 0 Å². The summed E-state index contributed by atoms with van der Waals surface area (Å²) >= 11 is 0. The number of aliphatic imine (C=N–C) groups is 4. The van der Waals surface area contributed by atoms with Crippen LogP contribution < -0.4 is 0 Å². The van der Waals surface area contributed by atoms with Crippen LogP contribution in [0.2, 0.25) is 0 Å². The number of hydrogen-bond donors (Lipinski definition) is 0. The van der Waals surface area contributed by atoms with E-state index >= 15 is 0 Å². The number of allylic oxidation sites excluding steroid dienone is 1. The molecule has 0 amide bonds. The lowest BCUT2D eigenvalue weighted by molar-refractivity contribution is 0.546. The summed E-state index contributed by atoms with van der Waals surface area (Å²) in [6.45, 7) is 0.0318. The lowest BCUT2D eigenvalue weighted by Gasteiger charge is -2.47. The van der Waals surface area contributed by atoms with Crippen molar-refractivity contribution >= 4 is 35.6 Å². The number of hydrogen-bond acceptors (Lipinski definition) is 8. The van der Waals surface area contributed by atoms with Gasteiger partial charge in [0.1, 0.15) is 5.54 Å². The second-order valence-electron chi connectivity index (χ2n) is 6.68. The predicted octanol–water partition coefficient (Wildman–Crippen LogP) is 2.86. The number of rotatable bonds is 6. The fourth-order valence-corrected chi connectivity index (χ4v) is 4.42. The van der Waals surface area contributed by atoms with Crippen LogP contribution in [0.5, 0.6) is 0 Å². The third-order valence-electron chi connectivity index (χ3n) is 5.50. The first-order chi connectivity index (χ1) is 14.7. The van der Waals surface area contributed by atoms with Crippen LogP contribution in [-0.2, 0) is 44.2 Å². The van der Waals surface area contributed by atoms with Crippen LogP contribution in [0.4, 0.5) is 5.69 Å². The van der Waals surface area contributed by atoms with Gasteiger partial charge in [-0.25, -0.2) is 29.2 Å². The van der Waals surface area contributed by atoms with E-state index in [9.17, 15) is 19.2 Å². The molecular weight excluding hydrogens is 384 g/mol. The normalized spacial score (nSPS) is 17.1. The summed E-state index contributed by atoms with van der Waals surface area (Å²) in [7, 11) is 0. The molecule has 144 valence electrons. The van der Waals surface area contributed by atoms with Crippen LogP contribution in [0.15, 0.2) is 56.4 Å². The highest BCUT2D eigenvalue weighted by molar-refractivity contribution is 5.96. The molecule has 2 aliphatic carbocycles. The van der Waals surface area contributed by atoms with E-state index in [0.29, 0.717) is 34.4 Å². The summed E-state index contributed by atoms with van der Waals surface area (Å²) in [5.41, 5.74) is 4.38. The fourth-order valence-electron chi connectivity index (χ4n) is 4.42. The number of benzene rings is 2. The summed E-state index contributed by atoms with van der Waals surface area (Å²) in [5.74, 6) is 0. The minimum atomic E-state index is -1.16. The summed E-state index contributed by atoms with van der Waals surface area (Å²) in [6.07, 6.45) is 8.68. The van der Waals surface area contributed by atoms with Crippen LogP contribution >= 0.6 is 0 Å². The zero-order valence-electron chi connectivity index (χ0n) is 15.5. The van der Waals surface area contributed by atoms with E-state index in [1.54, 1.807) is 30.4 Å². The smallest absolute Gasteiger partial charge is 0.211 e. The molecule has 1 atom stereocenters. The van der Waals surface area contributed by atoms with E-state index in [4.69, 9.17) is 0 Å². The van der Waals surface area contributed by atoms with Gasteiger partial charge in [0.05, 0.1) is 18.8 Å². The van der Waals surface area contributed by atoms with E-state index < -0.39 is 5.54 Å². The van der Waals surface area contributed by atoms with Crippen LogP contribution in [0.1, 0.15) is 33.4 Å². The third kappa shape index (κ3) is 2.59. The topological polar surface area (TPSA) is 118 Å². The molecule has 0 radical (unpaired) electrons. The standard InChI is InChI=1S/C22H12N4O4/c27-10-23-8-14-4-5-16-19-7-6-15-18(2-1-3-20(15)25-12-29)22(19,26-13-30)21(16)17(14)9-24-11-28/h1-5,7H,6,8-9H2. The maximum atomic E-state index is 11.5. The molecule has 0 saturated heterocycles. The van der Waals surface area contributed by atoms with Gasteiger partial charge in [0.15, 0.2) is 0 Å². The molecule has 8 nitrogen and oxygen atoms in total. The van der Waals surface area contributed by atoms with Gasteiger partial charge in [-0.1, -0.05) is 30.3 Å². The first-order valence-corrected chi connectivity index (χ1v) is 8.95. The molecule has 0 fully saturated rings. The van der Waals surface area contributed by atoms with Gasteiger partial charge in [-0.3, -0.25) is 0 Å². The largest absolute Gasteiger partial charge is 0.240 e. The second kappa shape index (κ2) is 7.61. The lowest BCUT2D eigenvalue weighted by Crippen LogP contribution is -2.41. The van der Waals surface area contributed by atoms with E-state index in [2.05, 4.69) is 20.0 Å². The number of carbonyl (C=O) groups excluding carboxylic acids is 4. The molecule has 0 saturated carbocycles. The van der Waals surface area contributed by atoms with Crippen LogP contribution in [0.25, 0.3) is 5.57 Å². The molecular formula is C22H12N4O4. The van der Waals surface area contributed by atoms with Gasteiger partial charge < -0.3 is 0 Å². The van der Waals surface area contributed by atoms with Gasteiger partial charge in [-0.15, -0.1) is 0 Å². The highest BCUT2D eigenvalue weighted by atomic mass is 16.1. The van der Waals surface area contributed by atoms with E-state index in [1.807, 2.05) is 18.2 Å². The van der Waals surface area contributed by atoms with Crippen LogP contribution in [0, 0.1) is 0 Å². The van der Waals surface area contributed by atoms with E-state index in [1.165, 1.54) is 12.2 Å². The molecule has 2 aromatic rings. The molecule has 1 unspecified atom stereocenters. The lowest BCUT2D eigenvalue weighted by atomic mass is 9.57. The highest BCUT2D eigenvalue weighted by Crippen LogP contribution is 2.61. The number of isocyanates is 4. The Morgan fingerprint density at radius 1 is 0.900 bits per heavy atom. The molecule has 0 heterocycles. The zero-order chi connectivity index (χ0) is 21.1. The summed E-state index contributed by atoms with van der Waals surface area (Å²) in [5, 5.41) is 0. The SMILES string of the molecule is O=C=NCc1ccc2c(c1CN=C=O)C1(N=C=O)C2=CCc2c(N=C=O)cccc21. The van der Waals surface area contributed by atoms with Crippen molar-refractivity contribution in [2.75, 3.05) is 0 Å². The van der Waals surface area contributed by atoms with E-state index in [0.717, 1.165) is 16.7 Å². The Kier molecular flexibility index (Phi) is 4.83. The van der Waals surface area contributed by atoms with Crippen molar-refractivity contribution in [3.05, 3.63) is 69.8 Å². The molecule has 2 aliphatic rings. The molecule has 0 bridgehead atoms. The van der Waals surface area contributed by atoms with Crippen molar-refractivity contribution in [3.8, 4) is 0 Å². The molecule has 4 rings (SSSR count). The third-order valence-corrected chi connectivity index (χ3v) is 5.50. The Balaban J connectivity index is 2.07. The molecule has 2 aromatic carbocycles. The molecule has 0 N–H and O–H groups in total. The summed E-state index contributed by atoms with van der Waals surface area (Å²) in [4.78, 5) is 59.1. The monoisotopic (exact) mass is 396 g/mol. The molecule has 30 heavy (non-hydrogen) atoms.